The molecule has 3 aromatic heterocycles. The van der Waals surface area contributed by atoms with Gasteiger partial charge in [0.15, 0.2) is 17.3 Å². The van der Waals surface area contributed by atoms with Crippen LogP contribution in [0.3, 0.4) is 0 Å². The second-order valence-electron chi connectivity index (χ2n) is 6.25. The summed E-state index contributed by atoms with van der Waals surface area (Å²) in [5, 5.41) is 15.6. The Labute approximate surface area is 164 Å². The summed E-state index contributed by atoms with van der Waals surface area (Å²) in [6.07, 6.45) is -2.15. The van der Waals surface area contributed by atoms with Gasteiger partial charge in [0.2, 0.25) is 0 Å². The van der Waals surface area contributed by atoms with Crippen molar-refractivity contribution in [1.29, 1.82) is 5.26 Å². The van der Waals surface area contributed by atoms with Crippen molar-refractivity contribution in [3.8, 4) is 17.6 Å². The van der Waals surface area contributed by atoms with Crippen LogP contribution in [-0.2, 0) is 12.6 Å². The van der Waals surface area contributed by atoms with Gasteiger partial charge >= 0.3 is 6.18 Å². The number of aromatic nitrogens is 5. The maximum atomic E-state index is 13.3. The summed E-state index contributed by atoms with van der Waals surface area (Å²) in [7, 11) is 1.64. The first-order valence-electron chi connectivity index (χ1n) is 8.61. The first-order chi connectivity index (χ1) is 13.8. The van der Waals surface area contributed by atoms with Crippen LogP contribution in [0.4, 0.5) is 24.8 Å². The summed E-state index contributed by atoms with van der Waals surface area (Å²) in [6.45, 7) is 0.389. The number of halogens is 3. The molecule has 11 heteroatoms. The number of rotatable bonds is 6. The quantitative estimate of drug-likeness (QED) is 0.650. The minimum atomic E-state index is -4.61. The number of pyridine rings is 1. The summed E-state index contributed by atoms with van der Waals surface area (Å²) in [5.41, 5.74) is 5.68. The van der Waals surface area contributed by atoms with Gasteiger partial charge in [-0.15, -0.1) is 0 Å². The Hall–Kier alpha value is -3.68. The van der Waals surface area contributed by atoms with E-state index in [0.717, 1.165) is 6.07 Å². The second-order valence-corrected chi connectivity index (χ2v) is 6.25. The van der Waals surface area contributed by atoms with Gasteiger partial charge in [-0.2, -0.15) is 23.5 Å². The lowest BCUT2D eigenvalue weighted by molar-refractivity contribution is -0.141. The van der Waals surface area contributed by atoms with Crippen LogP contribution in [0.2, 0.25) is 0 Å². The lowest BCUT2D eigenvalue weighted by Crippen LogP contribution is -2.22. The Balaban J connectivity index is 1.80. The topological polar surface area (TPSA) is 120 Å². The van der Waals surface area contributed by atoms with Crippen molar-refractivity contribution in [3.63, 3.8) is 0 Å². The number of H-pyrrole nitrogens is 1. The Bertz CT molecular complexity index is 1020. The molecular formula is C18H17F3N8. The molecule has 0 radical (unpaired) electrons. The predicted molar refractivity (Wildman–Crippen MR) is 99.6 cm³/mol. The van der Waals surface area contributed by atoms with Crippen LogP contribution in [0.25, 0.3) is 11.5 Å². The zero-order valence-electron chi connectivity index (χ0n) is 15.4. The minimum Gasteiger partial charge on any atom is -0.381 e. The van der Waals surface area contributed by atoms with Gasteiger partial charge < -0.3 is 10.6 Å². The van der Waals surface area contributed by atoms with Crippen LogP contribution in [0.5, 0.6) is 0 Å². The number of aryl methyl sites for hydroxylation is 1. The van der Waals surface area contributed by atoms with E-state index in [4.69, 9.17) is 11.0 Å². The average Bonchev–Trinajstić information content (AvgIpc) is 3.07. The fourth-order valence-corrected chi connectivity index (χ4v) is 2.69. The Kier molecular flexibility index (Phi) is 5.63. The number of nitrogen functional groups attached to an aromatic ring is 1. The largest absolute Gasteiger partial charge is 0.433 e. The fourth-order valence-electron chi connectivity index (χ4n) is 2.69. The standard InChI is InChI=1S/C18H17F3N8/c1-29(8-4-6-12-11(10-22)16(23)28-27-12)15-9-14(18(19,20)21)25-17(26-15)13-5-2-3-7-24-13/h2-3,5,7,9H,4,6,8H2,1H3,(H3,23,27,28). The molecule has 0 aromatic carbocycles. The maximum absolute atomic E-state index is 13.3. The van der Waals surface area contributed by atoms with Crippen molar-refractivity contribution in [2.24, 2.45) is 0 Å². The van der Waals surface area contributed by atoms with E-state index in [2.05, 4.69) is 25.1 Å². The highest BCUT2D eigenvalue weighted by Gasteiger charge is 2.34. The van der Waals surface area contributed by atoms with E-state index in [9.17, 15) is 13.2 Å². The van der Waals surface area contributed by atoms with E-state index >= 15 is 0 Å². The number of nitrogens with two attached hydrogens (primary N) is 1. The van der Waals surface area contributed by atoms with Crippen molar-refractivity contribution in [3.05, 3.63) is 47.4 Å². The van der Waals surface area contributed by atoms with Crippen LogP contribution < -0.4 is 10.6 Å². The van der Waals surface area contributed by atoms with E-state index in [1.807, 2.05) is 6.07 Å². The number of hydrogen-bond donors (Lipinski definition) is 2. The van der Waals surface area contributed by atoms with Gasteiger partial charge in [-0.25, -0.2) is 9.97 Å². The van der Waals surface area contributed by atoms with Crippen LogP contribution in [-0.4, -0.2) is 38.7 Å². The summed E-state index contributed by atoms with van der Waals surface area (Å²) in [4.78, 5) is 13.5. The van der Waals surface area contributed by atoms with Crippen molar-refractivity contribution < 1.29 is 13.2 Å². The summed E-state index contributed by atoms with van der Waals surface area (Å²) >= 11 is 0. The van der Waals surface area contributed by atoms with E-state index in [0.29, 0.717) is 25.1 Å². The molecule has 0 unspecified atom stereocenters. The second kappa shape index (κ2) is 8.14. The van der Waals surface area contributed by atoms with Gasteiger partial charge in [0.05, 0.1) is 5.69 Å². The van der Waals surface area contributed by atoms with Crippen LogP contribution in [0.15, 0.2) is 30.5 Å². The predicted octanol–water partition coefficient (Wildman–Crippen LogP) is 2.80. The number of nitrogens with one attached hydrogen (secondary N) is 1. The summed E-state index contributed by atoms with van der Waals surface area (Å²) in [5.74, 6) is 0.148. The molecule has 0 aliphatic carbocycles. The highest BCUT2D eigenvalue weighted by Crippen LogP contribution is 2.31. The van der Waals surface area contributed by atoms with Gasteiger partial charge in [-0.3, -0.25) is 10.1 Å². The highest BCUT2D eigenvalue weighted by atomic mass is 19.4. The van der Waals surface area contributed by atoms with Crippen LogP contribution in [0, 0.1) is 11.3 Å². The number of anilines is 2. The Morgan fingerprint density at radius 3 is 2.72 bits per heavy atom. The molecule has 0 bridgehead atoms. The van der Waals surface area contributed by atoms with Gasteiger partial charge in [0, 0.05) is 25.9 Å². The zero-order valence-corrected chi connectivity index (χ0v) is 15.4. The van der Waals surface area contributed by atoms with Crippen molar-refractivity contribution >= 4 is 11.6 Å². The molecule has 0 amide bonds. The summed E-state index contributed by atoms with van der Waals surface area (Å²) in [6, 6.07) is 7.74. The number of nitriles is 1. The first kappa shape index (κ1) is 20.1. The van der Waals surface area contributed by atoms with E-state index in [-0.39, 0.29) is 28.7 Å². The molecular weight excluding hydrogens is 385 g/mol. The van der Waals surface area contributed by atoms with Gasteiger partial charge in [0.25, 0.3) is 0 Å². The van der Waals surface area contributed by atoms with E-state index in [1.165, 1.54) is 6.20 Å². The molecule has 0 saturated carbocycles. The molecule has 3 rings (SSSR count). The number of nitrogens with zero attached hydrogens (tertiary/aromatic N) is 6. The third-order valence-electron chi connectivity index (χ3n) is 4.19. The molecule has 3 heterocycles. The number of aromatic amines is 1. The van der Waals surface area contributed by atoms with E-state index in [1.54, 1.807) is 30.1 Å². The third kappa shape index (κ3) is 4.60. The molecule has 0 atom stereocenters. The van der Waals surface area contributed by atoms with Crippen molar-refractivity contribution in [2.75, 3.05) is 24.2 Å². The monoisotopic (exact) mass is 402 g/mol. The van der Waals surface area contributed by atoms with E-state index < -0.39 is 11.9 Å². The molecule has 0 aliphatic rings. The van der Waals surface area contributed by atoms with Gasteiger partial charge in [-0.05, 0) is 25.0 Å². The third-order valence-corrected chi connectivity index (χ3v) is 4.19. The summed E-state index contributed by atoms with van der Waals surface area (Å²) < 4.78 is 39.9. The minimum absolute atomic E-state index is 0.101. The number of alkyl halides is 3. The first-order valence-corrected chi connectivity index (χ1v) is 8.61. The lowest BCUT2D eigenvalue weighted by Gasteiger charge is -2.20. The molecule has 150 valence electrons. The highest BCUT2D eigenvalue weighted by molar-refractivity contribution is 5.54. The molecule has 29 heavy (non-hydrogen) atoms. The fraction of sp³-hybridized carbons (Fsp3) is 0.278. The lowest BCUT2D eigenvalue weighted by atomic mass is 10.1. The molecule has 0 spiro atoms. The molecule has 0 saturated heterocycles. The maximum Gasteiger partial charge on any atom is 0.433 e. The average molecular weight is 402 g/mol. The van der Waals surface area contributed by atoms with Crippen LogP contribution >= 0.6 is 0 Å². The smallest absolute Gasteiger partial charge is 0.381 e. The molecule has 3 aromatic rings. The van der Waals surface area contributed by atoms with Crippen LogP contribution in [0.1, 0.15) is 23.4 Å². The zero-order chi connectivity index (χ0) is 21.0. The molecule has 8 nitrogen and oxygen atoms in total. The molecule has 3 N–H and O–H groups in total. The van der Waals surface area contributed by atoms with Crippen molar-refractivity contribution in [2.45, 2.75) is 19.0 Å². The van der Waals surface area contributed by atoms with Gasteiger partial charge in [0.1, 0.15) is 23.1 Å². The normalized spacial score (nSPS) is 11.3. The van der Waals surface area contributed by atoms with Crippen molar-refractivity contribution in [1.82, 2.24) is 25.1 Å². The molecule has 0 aliphatic heterocycles. The Morgan fingerprint density at radius 1 is 1.28 bits per heavy atom. The number of hydrogen-bond acceptors (Lipinski definition) is 7. The molecule has 0 fully saturated rings. The van der Waals surface area contributed by atoms with Gasteiger partial charge in [-0.1, -0.05) is 6.07 Å². The Morgan fingerprint density at radius 2 is 2.07 bits per heavy atom. The SMILES string of the molecule is CN(CCCc1[nH]nc(N)c1C#N)c1cc(C(F)(F)F)nc(-c2ccccn2)n1.